The predicted octanol–water partition coefficient (Wildman–Crippen LogP) is 3.61. The Hall–Kier alpha value is -2.23. The number of hydrogen-bond acceptors (Lipinski definition) is 6. The molecule has 0 aromatic carbocycles. The van der Waals surface area contributed by atoms with Crippen molar-refractivity contribution in [1.29, 1.82) is 0 Å². The first-order valence-electron chi connectivity index (χ1n) is 7.80. The van der Waals surface area contributed by atoms with Crippen LogP contribution < -0.4 is 10.1 Å². The number of nitrogens with one attached hydrogen (secondary N) is 2. The van der Waals surface area contributed by atoms with Crippen LogP contribution in [0.25, 0.3) is 10.6 Å². The molecule has 1 atom stereocenters. The highest BCUT2D eigenvalue weighted by Crippen LogP contribution is 2.32. The molecule has 7 nitrogen and oxygen atoms in total. The Kier molecular flexibility index (Phi) is 6.02. The quantitative estimate of drug-likeness (QED) is 0.498. The van der Waals surface area contributed by atoms with E-state index in [-0.39, 0.29) is 12.5 Å². The van der Waals surface area contributed by atoms with E-state index < -0.39 is 5.97 Å². The molecule has 3 aromatic rings. The number of H-pyrrole nitrogens is 1. The molecule has 26 heavy (non-hydrogen) atoms. The largest absolute Gasteiger partial charge is 0.481 e. The molecule has 0 aliphatic carbocycles. The van der Waals surface area contributed by atoms with E-state index in [1.54, 1.807) is 36.9 Å². The molecular weight excluding hydrogens is 420 g/mol. The van der Waals surface area contributed by atoms with Gasteiger partial charge in [-0.15, -0.1) is 11.3 Å². The number of ether oxygens (including phenoxy) is 1. The number of methoxy groups -OCH3 is 1. The average Bonchev–Trinajstić information content (AvgIpc) is 3.27. The lowest BCUT2D eigenvalue weighted by Crippen LogP contribution is -2.23. The SMILES string of the molecule is COc1ccc(C(CC(=O)O)NCc2cn[nH]c2-c2ccc(Br)s2)cn1. The zero-order valence-corrected chi connectivity index (χ0v) is 16.3. The maximum absolute atomic E-state index is 11.3. The van der Waals surface area contributed by atoms with Gasteiger partial charge in [0, 0.05) is 30.4 Å². The number of carboxylic acid groups (broad SMARTS) is 1. The number of hydrogen-bond donors (Lipinski definition) is 3. The van der Waals surface area contributed by atoms with Crippen molar-refractivity contribution >= 4 is 33.2 Å². The van der Waals surface area contributed by atoms with Crippen LogP contribution in [-0.4, -0.2) is 33.4 Å². The van der Waals surface area contributed by atoms with E-state index >= 15 is 0 Å². The molecule has 0 bridgehead atoms. The van der Waals surface area contributed by atoms with Crippen molar-refractivity contribution in [3.63, 3.8) is 0 Å². The van der Waals surface area contributed by atoms with Crippen molar-refractivity contribution in [3.8, 4) is 16.5 Å². The molecule has 0 spiro atoms. The average molecular weight is 437 g/mol. The second-order valence-corrected chi connectivity index (χ2v) is 8.00. The van der Waals surface area contributed by atoms with Crippen molar-refractivity contribution in [1.82, 2.24) is 20.5 Å². The molecule has 0 aliphatic heterocycles. The molecule has 136 valence electrons. The Morgan fingerprint density at radius 1 is 1.38 bits per heavy atom. The molecule has 3 aromatic heterocycles. The van der Waals surface area contributed by atoms with Crippen LogP contribution in [0.15, 0.2) is 40.4 Å². The summed E-state index contributed by atoms with van der Waals surface area (Å²) >= 11 is 5.06. The number of carbonyl (C=O) groups is 1. The lowest BCUT2D eigenvalue weighted by atomic mass is 10.1. The standard InChI is InChI=1S/C17H17BrN4O3S/c1-25-15-5-2-10(7-20-15)12(6-16(23)24)19-8-11-9-21-22-17(11)13-3-4-14(18)26-13/h2-5,7,9,12,19H,6,8H2,1H3,(H,21,22)(H,23,24). The zero-order valence-electron chi connectivity index (χ0n) is 13.9. The van der Waals surface area contributed by atoms with Crippen LogP contribution in [0.3, 0.4) is 0 Å². The van der Waals surface area contributed by atoms with Crippen molar-refractivity contribution in [2.75, 3.05) is 7.11 Å². The highest BCUT2D eigenvalue weighted by atomic mass is 79.9. The third kappa shape index (κ3) is 4.48. The molecule has 0 saturated carbocycles. The minimum Gasteiger partial charge on any atom is -0.481 e. The molecule has 0 fully saturated rings. The van der Waals surface area contributed by atoms with E-state index in [9.17, 15) is 9.90 Å². The number of halogens is 1. The summed E-state index contributed by atoms with van der Waals surface area (Å²) in [6.07, 6.45) is 3.33. The first-order chi connectivity index (χ1) is 12.6. The molecule has 1 unspecified atom stereocenters. The van der Waals surface area contributed by atoms with E-state index in [1.807, 2.05) is 18.2 Å². The molecule has 0 radical (unpaired) electrons. The fourth-order valence-corrected chi connectivity index (χ4v) is 3.96. The predicted molar refractivity (Wildman–Crippen MR) is 102 cm³/mol. The Balaban J connectivity index is 1.76. The van der Waals surface area contributed by atoms with Gasteiger partial charge in [-0.2, -0.15) is 5.10 Å². The summed E-state index contributed by atoms with van der Waals surface area (Å²) in [7, 11) is 1.54. The summed E-state index contributed by atoms with van der Waals surface area (Å²) in [5.74, 6) is -0.392. The van der Waals surface area contributed by atoms with E-state index in [0.717, 1.165) is 25.5 Å². The molecule has 0 saturated heterocycles. The second-order valence-electron chi connectivity index (χ2n) is 5.54. The maximum Gasteiger partial charge on any atom is 0.305 e. The maximum atomic E-state index is 11.3. The molecule has 0 aliphatic rings. The van der Waals surface area contributed by atoms with Crippen LogP contribution in [0, 0.1) is 0 Å². The van der Waals surface area contributed by atoms with Crippen LogP contribution in [0.5, 0.6) is 5.88 Å². The number of aromatic amines is 1. The number of nitrogens with zero attached hydrogens (tertiary/aromatic N) is 2. The van der Waals surface area contributed by atoms with Gasteiger partial charge < -0.3 is 15.2 Å². The number of thiophene rings is 1. The van der Waals surface area contributed by atoms with Gasteiger partial charge in [-0.25, -0.2) is 4.98 Å². The van der Waals surface area contributed by atoms with Crippen LogP contribution in [0.4, 0.5) is 0 Å². The molecule has 0 amide bonds. The van der Waals surface area contributed by atoms with Gasteiger partial charge in [-0.05, 0) is 33.6 Å². The van der Waals surface area contributed by atoms with Crippen LogP contribution >= 0.6 is 27.3 Å². The van der Waals surface area contributed by atoms with Crippen molar-refractivity contribution < 1.29 is 14.6 Å². The Morgan fingerprint density at radius 2 is 2.23 bits per heavy atom. The summed E-state index contributed by atoms with van der Waals surface area (Å²) in [5, 5.41) is 19.7. The summed E-state index contributed by atoms with van der Waals surface area (Å²) in [6.45, 7) is 0.478. The van der Waals surface area contributed by atoms with Gasteiger partial charge in [0.05, 0.1) is 34.1 Å². The summed E-state index contributed by atoms with van der Waals surface area (Å²) in [5.41, 5.74) is 2.68. The zero-order chi connectivity index (χ0) is 18.5. The fraction of sp³-hybridized carbons (Fsp3) is 0.235. The molecule has 3 heterocycles. The highest BCUT2D eigenvalue weighted by Gasteiger charge is 2.18. The minimum atomic E-state index is -0.882. The third-order valence-corrected chi connectivity index (χ3v) is 5.47. The number of rotatable bonds is 8. The van der Waals surface area contributed by atoms with E-state index in [0.29, 0.717) is 12.4 Å². The Morgan fingerprint density at radius 3 is 2.85 bits per heavy atom. The normalized spacial score (nSPS) is 12.1. The molecule has 9 heteroatoms. The van der Waals surface area contributed by atoms with Crippen LogP contribution in [0.1, 0.15) is 23.6 Å². The first kappa shape index (κ1) is 18.6. The van der Waals surface area contributed by atoms with Crippen molar-refractivity contribution in [2.24, 2.45) is 0 Å². The second kappa shape index (κ2) is 8.43. The first-order valence-corrected chi connectivity index (χ1v) is 9.41. The van der Waals surface area contributed by atoms with Gasteiger partial charge in [0.15, 0.2) is 0 Å². The van der Waals surface area contributed by atoms with Gasteiger partial charge in [-0.1, -0.05) is 6.07 Å². The molecule has 3 rings (SSSR count). The van der Waals surface area contributed by atoms with E-state index in [1.165, 1.54) is 0 Å². The summed E-state index contributed by atoms with van der Waals surface area (Å²) < 4.78 is 6.09. The van der Waals surface area contributed by atoms with Gasteiger partial charge in [-0.3, -0.25) is 9.89 Å². The highest BCUT2D eigenvalue weighted by molar-refractivity contribution is 9.11. The monoisotopic (exact) mass is 436 g/mol. The lowest BCUT2D eigenvalue weighted by Gasteiger charge is -2.17. The number of pyridine rings is 1. The van der Waals surface area contributed by atoms with Gasteiger partial charge >= 0.3 is 5.97 Å². The van der Waals surface area contributed by atoms with Gasteiger partial charge in [0.25, 0.3) is 0 Å². The van der Waals surface area contributed by atoms with Crippen LogP contribution in [0.2, 0.25) is 0 Å². The Bertz CT molecular complexity index is 878. The lowest BCUT2D eigenvalue weighted by molar-refractivity contribution is -0.137. The molecular formula is C17H17BrN4O3S. The third-order valence-electron chi connectivity index (χ3n) is 3.83. The van der Waals surface area contributed by atoms with Gasteiger partial charge in [0.1, 0.15) is 0 Å². The smallest absolute Gasteiger partial charge is 0.305 e. The summed E-state index contributed by atoms with van der Waals surface area (Å²) in [4.78, 5) is 16.5. The van der Waals surface area contributed by atoms with Crippen molar-refractivity contribution in [2.45, 2.75) is 19.0 Å². The Labute approximate surface area is 162 Å². The number of carboxylic acids is 1. The van der Waals surface area contributed by atoms with Gasteiger partial charge in [0.2, 0.25) is 5.88 Å². The van der Waals surface area contributed by atoms with E-state index in [4.69, 9.17) is 4.74 Å². The molecule has 3 N–H and O–H groups in total. The summed E-state index contributed by atoms with van der Waals surface area (Å²) in [6, 6.07) is 7.16. The number of aromatic nitrogens is 3. The van der Waals surface area contributed by atoms with E-state index in [2.05, 4.69) is 36.4 Å². The van der Waals surface area contributed by atoms with Crippen molar-refractivity contribution in [3.05, 3.63) is 51.6 Å². The van der Waals surface area contributed by atoms with Crippen LogP contribution in [-0.2, 0) is 11.3 Å². The topological polar surface area (TPSA) is 100 Å². The number of aliphatic carboxylic acids is 1. The minimum absolute atomic E-state index is 0.0499. The fourth-order valence-electron chi connectivity index (χ4n) is 2.54.